The molecule has 2 atom stereocenters. The van der Waals surface area contributed by atoms with Crippen molar-refractivity contribution in [2.45, 2.75) is 25.9 Å². The van der Waals surface area contributed by atoms with E-state index >= 15 is 0 Å². The Morgan fingerprint density at radius 2 is 2.31 bits per heavy atom. The Balaban J connectivity index is 0.00000196. The number of guanidine groups is 1. The summed E-state index contributed by atoms with van der Waals surface area (Å²) in [6.45, 7) is 4.96. The lowest BCUT2D eigenvalue weighted by atomic mass is 9.93. The maximum atomic E-state index is 4.62. The Morgan fingerprint density at radius 3 is 3.04 bits per heavy atom. The lowest BCUT2D eigenvalue weighted by Crippen LogP contribution is -2.48. The van der Waals surface area contributed by atoms with Gasteiger partial charge >= 0.3 is 0 Å². The zero-order chi connectivity index (χ0) is 17.2. The molecule has 9 heteroatoms. The van der Waals surface area contributed by atoms with E-state index in [1.807, 2.05) is 31.1 Å². The van der Waals surface area contributed by atoms with Crippen molar-refractivity contribution in [3.05, 3.63) is 42.2 Å². The van der Waals surface area contributed by atoms with Gasteiger partial charge in [-0.1, -0.05) is 6.92 Å². The average molecular weight is 485 g/mol. The third-order valence-electron chi connectivity index (χ3n) is 4.91. The molecule has 3 aromatic heterocycles. The summed E-state index contributed by atoms with van der Waals surface area (Å²) in [4.78, 5) is 16.7. The molecule has 1 aliphatic rings. The minimum absolute atomic E-state index is 0. The fourth-order valence-corrected chi connectivity index (χ4v) is 4.18. The summed E-state index contributed by atoms with van der Waals surface area (Å²) < 4.78 is 4.27. The van der Waals surface area contributed by atoms with Gasteiger partial charge in [0.05, 0.1) is 24.6 Å². The molecule has 4 heterocycles. The van der Waals surface area contributed by atoms with Gasteiger partial charge in [-0.05, 0) is 12.3 Å². The van der Waals surface area contributed by atoms with Crippen LogP contribution in [0.1, 0.15) is 25.1 Å². The minimum Gasteiger partial charge on any atom is -0.351 e. The number of aromatic nitrogens is 4. The van der Waals surface area contributed by atoms with Gasteiger partial charge < -0.3 is 14.8 Å². The largest absolute Gasteiger partial charge is 0.351 e. The van der Waals surface area contributed by atoms with Crippen molar-refractivity contribution in [2.24, 2.45) is 10.9 Å². The second-order valence-electron chi connectivity index (χ2n) is 6.52. The molecule has 0 radical (unpaired) electrons. The third-order valence-corrected chi connectivity index (χ3v) is 5.68. The molecule has 4 rings (SSSR count). The molecule has 0 amide bonds. The fraction of sp³-hybridized carbons (Fsp3) is 0.471. The fourth-order valence-electron chi connectivity index (χ4n) is 3.46. The van der Waals surface area contributed by atoms with Crippen LogP contribution >= 0.6 is 35.3 Å². The second kappa shape index (κ2) is 8.38. The van der Waals surface area contributed by atoms with E-state index in [1.165, 1.54) is 0 Å². The quantitative estimate of drug-likeness (QED) is 0.352. The van der Waals surface area contributed by atoms with E-state index in [1.54, 1.807) is 11.3 Å². The van der Waals surface area contributed by atoms with Crippen LogP contribution in [0, 0.1) is 5.92 Å². The number of imidazole rings is 2. The summed E-state index contributed by atoms with van der Waals surface area (Å²) in [6.07, 6.45) is 11.1. The topological polar surface area (TPSA) is 62.8 Å². The zero-order valence-corrected chi connectivity index (χ0v) is 18.1. The van der Waals surface area contributed by atoms with Gasteiger partial charge in [0.2, 0.25) is 0 Å². The van der Waals surface area contributed by atoms with E-state index < -0.39 is 0 Å². The van der Waals surface area contributed by atoms with E-state index in [0.29, 0.717) is 18.5 Å². The highest BCUT2D eigenvalue weighted by Gasteiger charge is 2.28. The summed E-state index contributed by atoms with van der Waals surface area (Å²) >= 11 is 1.65. The Bertz CT molecular complexity index is 825. The monoisotopic (exact) mass is 485 g/mol. The number of halogens is 1. The van der Waals surface area contributed by atoms with Gasteiger partial charge in [-0.2, -0.15) is 0 Å². The SMILES string of the molecule is CN=C(NCc1cn2ccsc2n1)N1CCC(C)C(n2ccnc2)C1.I. The van der Waals surface area contributed by atoms with Gasteiger partial charge in [-0.15, -0.1) is 35.3 Å². The summed E-state index contributed by atoms with van der Waals surface area (Å²) in [6, 6.07) is 0.424. The number of piperidine rings is 1. The van der Waals surface area contributed by atoms with Gasteiger partial charge in [-0.3, -0.25) is 9.39 Å². The van der Waals surface area contributed by atoms with Crippen molar-refractivity contribution in [2.75, 3.05) is 20.1 Å². The summed E-state index contributed by atoms with van der Waals surface area (Å²) in [7, 11) is 1.85. The molecule has 1 fully saturated rings. The van der Waals surface area contributed by atoms with Crippen LogP contribution in [0.15, 0.2) is 41.5 Å². The molecule has 7 nitrogen and oxygen atoms in total. The number of fused-ring (bicyclic) bond motifs is 1. The number of nitrogens with zero attached hydrogens (tertiary/aromatic N) is 6. The van der Waals surface area contributed by atoms with Crippen LogP contribution in [-0.4, -0.2) is 49.9 Å². The zero-order valence-electron chi connectivity index (χ0n) is 14.9. The molecule has 1 saturated heterocycles. The number of rotatable bonds is 3. The summed E-state index contributed by atoms with van der Waals surface area (Å²) in [5, 5.41) is 5.51. The van der Waals surface area contributed by atoms with Crippen LogP contribution in [0.5, 0.6) is 0 Å². The van der Waals surface area contributed by atoms with Crippen LogP contribution in [-0.2, 0) is 6.54 Å². The van der Waals surface area contributed by atoms with E-state index in [-0.39, 0.29) is 24.0 Å². The van der Waals surface area contributed by atoms with E-state index in [2.05, 4.69) is 53.5 Å². The van der Waals surface area contributed by atoms with Crippen LogP contribution in [0.25, 0.3) is 4.96 Å². The summed E-state index contributed by atoms with van der Waals surface area (Å²) in [5.74, 6) is 1.57. The van der Waals surface area contributed by atoms with Gasteiger partial charge in [0.25, 0.3) is 0 Å². The lowest BCUT2D eigenvalue weighted by Gasteiger charge is -2.39. The van der Waals surface area contributed by atoms with Crippen molar-refractivity contribution < 1.29 is 0 Å². The number of hydrogen-bond acceptors (Lipinski definition) is 4. The molecule has 0 saturated carbocycles. The van der Waals surface area contributed by atoms with Crippen LogP contribution in [0.2, 0.25) is 0 Å². The first-order valence-corrected chi connectivity index (χ1v) is 9.46. The Hall–Kier alpha value is -1.62. The van der Waals surface area contributed by atoms with Crippen molar-refractivity contribution in [3.63, 3.8) is 0 Å². The Morgan fingerprint density at radius 1 is 1.42 bits per heavy atom. The van der Waals surface area contributed by atoms with Crippen molar-refractivity contribution in [1.29, 1.82) is 0 Å². The minimum atomic E-state index is 0. The third kappa shape index (κ3) is 3.88. The van der Waals surface area contributed by atoms with Crippen molar-refractivity contribution >= 4 is 46.2 Å². The first-order chi connectivity index (χ1) is 12.2. The molecule has 26 heavy (non-hydrogen) atoms. The first kappa shape index (κ1) is 19.2. The predicted molar refractivity (Wildman–Crippen MR) is 115 cm³/mol. The van der Waals surface area contributed by atoms with E-state index in [0.717, 1.165) is 36.1 Å². The highest BCUT2D eigenvalue weighted by Crippen LogP contribution is 2.27. The van der Waals surface area contributed by atoms with Crippen LogP contribution < -0.4 is 5.32 Å². The summed E-state index contributed by atoms with van der Waals surface area (Å²) in [5.41, 5.74) is 1.03. The smallest absolute Gasteiger partial charge is 0.194 e. The molecular formula is C17H24IN7S. The van der Waals surface area contributed by atoms with Crippen LogP contribution in [0.4, 0.5) is 0 Å². The van der Waals surface area contributed by atoms with E-state index in [9.17, 15) is 0 Å². The highest BCUT2D eigenvalue weighted by molar-refractivity contribution is 14.0. The second-order valence-corrected chi connectivity index (χ2v) is 7.39. The molecular weight excluding hydrogens is 461 g/mol. The standard InChI is InChI=1S/C17H23N7S.HI/c1-13-3-5-22(11-15(13)24-6-4-19-12-24)16(18-2)20-9-14-10-23-7-8-25-17(23)21-14;/h4,6-8,10,12-13,15H,3,5,9,11H2,1-2H3,(H,18,20);1H. The molecule has 1 N–H and O–H groups in total. The molecule has 1 aliphatic heterocycles. The Kier molecular flexibility index (Phi) is 6.17. The molecule has 0 aliphatic carbocycles. The maximum Gasteiger partial charge on any atom is 0.194 e. The molecule has 0 aromatic carbocycles. The molecule has 0 bridgehead atoms. The number of nitrogens with one attached hydrogen (secondary N) is 1. The van der Waals surface area contributed by atoms with Gasteiger partial charge in [0, 0.05) is 50.3 Å². The highest BCUT2D eigenvalue weighted by atomic mass is 127. The Labute approximate surface area is 174 Å². The number of hydrogen-bond donors (Lipinski definition) is 1. The lowest BCUT2D eigenvalue weighted by molar-refractivity contribution is 0.189. The number of aliphatic imine (C=N–C) groups is 1. The van der Waals surface area contributed by atoms with E-state index in [4.69, 9.17) is 0 Å². The van der Waals surface area contributed by atoms with Crippen molar-refractivity contribution in [3.8, 4) is 0 Å². The van der Waals surface area contributed by atoms with Gasteiger partial charge in [-0.25, -0.2) is 9.97 Å². The van der Waals surface area contributed by atoms with Crippen molar-refractivity contribution in [1.82, 2.24) is 29.2 Å². The maximum absolute atomic E-state index is 4.62. The van der Waals surface area contributed by atoms with Gasteiger partial charge in [0.15, 0.2) is 10.9 Å². The first-order valence-electron chi connectivity index (χ1n) is 8.58. The molecule has 2 unspecified atom stereocenters. The normalized spacial score (nSPS) is 21.0. The molecule has 3 aromatic rings. The number of thiazole rings is 1. The average Bonchev–Trinajstić information content (AvgIpc) is 3.33. The van der Waals surface area contributed by atoms with Crippen LogP contribution in [0.3, 0.4) is 0 Å². The molecule has 140 valence electrons. The van der Waals surface area contributed by atoms with Gasteiger partial charge in [0.1, 0.15) is 0 Å². The number of likely N-dealkylation sites (tertiary alicyclic amines) is 1. The predicted octanol–water partition coefficient (Wildman–Crippen LogP) is 2.87. The molecule has 0 spiro atoms.